The number of rotatable bonds is 3. The molecule has 3 rings (SSSR count). The predicted octanol–water partition coefficient (Wildman–Crippen LogP) is 3.77. The minimum absolute atomic E-state index is 0.108. The fourth-order valence-corrected chi connectivity index (χ4v) is 2.93. The van der Waals surface area contributed by atoms with E-state index in [0.29, 0.717) is 23.2 Å². The lowest BCUT2D eigenvalue weighted by atomic mass is 10.0. The molecule has 1 aromatic carbocycles. The van der Waals surface area contributed by atoms with Crippen molar-refractivity contribution in [1.29, 1.82) is 0 Å². The van der Waals surface area contributed by atoms with E-state index in [1.54, 1.807) is 19.1 Å². The Labute approximate surface area is 146 Å². The van der Waals surface area contributed by atoms with Gasteiger partial charge in [0.05, 0.1) is 0 Å². The van der Waals surface area contributed by atoms with Crippen molar-refractivity contribution >= 4 is 6.03 Å². The number of urea groups is 1. The van der Waals surface area contributed by atoms with E-state index in [9.17, 15) is 9.18 Å². The van der Waals surface area contributed by atoms with Gasteiger partial charge in [-0.2, -0.15) is 4.98 Å². The minimum Gasteiger partial charge on any atom is -0.337 e. The molecule has 25 heavy (non-hydrogen) atoms. The van der Waals surface area contributed by atoms with Gasteiger partial charge in [0, 0.05) is 18.7 Å². The Kier molecular flexibility index (Phi) is 5.31. The number of nitrogens with one attached hydrogen (secondary N) is 1. The summed E-state index contributed by atoms with van der Waals surface area (Å²) in [5, 5.41) is 6.82. The zero-order valence-corrected chi connectivity index (χ0v) is 14.5. The Morgan fingerprint density at radius 2 is 2.08 bits per heavy atom. The van der Waals surface area contributed by atoms with E-state index in [1.165, 1.54) is 12.1 Å². The van der Waals surface area contributed by atoms with E-state index in [2.05, 4.69) is 22.4 Å². The van der Waals surface area contributed by atoms with E-state index in [-0.39, 0.29) is 11.8 Å². The first-order valence-electron chi connectivity index (χ1n) is 8.68. The Balaban J connectivity index is 1.62. The van der Waals surface area contributed by atoms with E-state index in [1.807, 2.05) is 4.90 Å². The molecule has 0 saturated carbocycles. The molecule has 0 spiro atoms. The van der Waals surface area contributed by atoms with Gasteiger partial charge in [0.15, 0.2) is 0 Å². The molecule has 1 aliphatic heterocycles. The highest BCUT2D eigenvalue weighted by Gasteiger charge is 2.22. The fraction of sp³-hybridized carbons (Fsp3) is 0.500. The maximum absolute atomic E-state index is 13.0. The second-order valence-electron chi connectivity index (χ2n) is 6.66. The molecule has 2 unspecified atom stereocenters. The summed E-state index contributed by atoms with van der Waals surface area (Å²) in [5.74, 6) is 1.04. The van der Waals surface area contributed by atoms with Crippen LogP contribution in [0.4, 0.5) is 9.18 Å². The van der Waals surface area contributed by atoms with Crippen LogP contribution in [0.15, 0.2) is 28.8 Å². The molecule has 1 N–H and O–H groups in total. The van der Waals surface area contributed by atoms with Crippen LogP contribution >= 0.6 is 0 Å². The number of aromatic nitrogens is 2. The number of hydrogen-bond donors (Lipinski definition) is 1. The first-order valence-corrected chi connectivity index (χ1v) is 8.68. The summed E-state index contributed by atoms with van der Waals surface area (Å²) < 4.78 is 18.2. The molecule has 2 amide bonds. The third-order valence-corrected chi connectivity index (χ3v) is 4.56. The molecule has 0 bridgehead atoms. The second kappa shape index (κ2) is 7.63. The lowest BCUT2D eigenvalue weighted by Crippen LogP contribution is -2.41. The number of amides is 2. The van der Waals surface area contributed by atoms with Crippen LogP contribution < -0.4 is 5.32 Å². The zero-order valence-electron chi connectivity index (χ0n) is 14.5. The highest BCUT2D eigenvalue weighted by molar-refractivity contribution is 5.74. The van der Waals surface area contributed by atoms with Gasteiger partial charge in [-0.05, 0) is 56.4 Å². The molecular weight excluding hydrogens is 323 g/mol. The first-order chi connectivity index (χ1) is 12.0. The molecule has 1 fully saturated rings. The van der Waals surface area contributed by atoms with Gasteiger partial charge in [-0.1, -0.05) is 12.1 Å². The molecule has 2 atom stereocenters. The number of benzene rings is 1. The smallest absolute Gasteiger partial charge is 0.318 e. The quantitative estimate of drug-likeness (QED) is 0.918. The number of carbonyl (C=O) groups excluding carboxylic acids is 1. The summed E-state index contributed by atoms with van der Waals surface area (Å²) in [4.78, 5) is 18.6. The van der Waals surface area contributed by atoms with Crippen LogP contribution in [0.2, 0.25) is 0 Å². The van der Waals surface area contributed by atoms with Crippen molar-refractivity contribution < 1.29 is 13.7 Å². The minimum atomic E-state index is -0.394. The third-order valence-electron chi connectivity index (χ3n) is 4.56. The summed E-state index contributed by atoms with van der Waals surface area (Å²) in [6.07, 6.45) is 3.21. The summed E-state index contributed by atoms with van der Waals surface area (Å²) >= 11 is 0. The van der Waals surface area contributed by atoms with Crippen LogP contribution in [0, 0.1) is 11.7 Å². The van der Waals surface area contributed by atoms with Gasteiger partial charge in [0.25, 0.3) is 0 Å². The summed E-state index contributed by atoms with van der Waals surface area (Å²) in [6.45, 7) is 5.57. The SMILES string of the molecule is CC1CCCN(C(=O)NC(C)c2nc(-c3ccc(F)cc3)no2)CC1. The summed E-state index contributed by atoms with van der Waals surface area (Å²) in [6, 6.07) is 5.36. The number of likely N-dealkylation sites (tertiary alicyclic amines) is 1. The maximum atomic E-state index is 13.0. The molecule has 134 valence electrons. The Bertz CT molecular complexity index is 716. The first kappa shape index (κ1) is 17.4. The van der Waals surface area contributed by atoms with Crippen molar-refractivity contribution in [3.63, 3.8) is 0 Å². The maximum Gasteiger partial charge on any atom is 0.318 e. The monoisotopic (exact) mass is 346 g/mol. The molecule has 1 saturated heterocycles. The average Bonchev–Trinajstić information content (AvgIpc) is 2.98. The Morgan fingerprint density at radius 1 is 1.32 bits per heavy atom. The number of halogens is 1. The van der Waals surface area contributed by atoms with Crippen LogP contribution in [0.1, 0.15) is 45.0 Å². The highest BCUT2D eigenvalue weighted by Crippen LogP contribution is 2.20. The van der Waals surface area contributed by atoms with E-state index in [0.717, 1.165) is 32.4 Å². The number of nitrogens with zero attached hydrogens (tertiary/aromatic N) is 3. The topological polar surface area (TPSA) is 71.3 Å². The standard InChI is InChI=1S/C18H23FN4O2/c1-12-4-3-10-23(11-9-12)18(24)20-13(2)17-21-16(22-25-17)14-5-7-15(19)8-6-14/h5-8,12-13H,3-4,9-11H2,1-2H3,(H,20,24). The molecule has 0 aliphatic carbocycles. The van der Waals surface area contributed by atoms with Gasteiger partial charge < -0.3 is 14.7 Å². The van der Waals surface area contributed by atoms with Crippen LogP contribution in [-0.4, -0.2) is 34.2 Å². The van der Waals surface area contributed by atoms with Gasteiger partial charge in [-0.25, -0.2) is 9.18 Å². The van der Waals surface area contributed by atoms with Crippen molar-refractivity contribution in [2.45, 2.75) is 39.2 Å². The van der Waals surface area contributed by atoms with Gasteiger partial charge in [-0.15, -0.1) is 0 Å². The zero-order chi connectivity index (χ0) is 17.8. The lowest BCUT2D eigenvalue weighted by Gasteiger charge is -2.22. The Hall–Kier alpha value is -2.44. The predicted molar refractivity (Wildman–Crippen MR) is 91.2 cm³/mol. The van der Waals surface area contributed by atoms with Crippen molar-refractivity contribution in [2.24, 2.45) is 5.92 Å². The third kappa shape index (κ3) is 4.35. The Morgan fingerprint density at radius 3 is 2.84 bits per heavy atom. The lowest BCUT2D eigenvalue weighted by molar-refractivity contribution is 0.193. The molecule has 2 aromatic rings. The van der Waals surface area contributed by atoms with Crippen LogP contribution in [0.3, 0.4) is 0 Å². The average molecular weight is 346 g/mol. The van der Waals surface area contributed by atoms with Crippen LogP contribution in [0.25, 0.3) is 11.4 Å². The van der Waals surface area contributed by atoms with Crippen molar-refractivity contribution in [3.8, 4) is 11.4 Å². The van der Waals surface area contributed by atoms with Crippen LogP contribution in [0.5, 0.6) is 0 Å². The number of hydrogen-bond acceptors (Lipinski definition) is 4. The molecule has 1 aliphatic rings. The molecule has 6 nitrogen and oxygen atoms in total. The summed E-state index contributed by atoms with van der Waals surface area (Å²) in [5.41, 5.74) is 0.663. The van der Waals surface area contributed by atoms with Gasteiger partial charge >= 0.3 is 6.03 Å². The fourth-order valence-electron chi connectivity index (χ4n) is 2.93. The molecule has 1 aromatic heterocycles. The van der Waals surface area contributed by atoms with E-state index >= 15 is 0 Å². The van der Waals surface area contributed by atoms with Crippen molar-refractivity contribution in [1.82, 2.24) is 20.4 Å². The normalized spacial score (nSPS) is 19.3. The van der Waals surface area contributed by atoms with Gasteiger partial charge in [0.1, 0.15) is 11.9 Å². The van der Waals surface area contributed by atoms with Crippen molar-refractivity contribution in [2.75, 3.05) is 13.1 Å². The molecular formula is C18H23FN4O2. The van der Waals surface area contributed by atoms with Crippen molar-refractivity contribution in [3.05, 3.63) is 36.0 Å². The molecule has 0 radical (unpaired) electrons. The van der Waals surface area contributed by atoms with E-state index < -0.39 is 6.04 Å². The molecule has 7 heteroatoms. The van der Waals surface area contributed by atoms with E-state index in [4.69, 9.17) is 4.52 Å². The number of carbonyl (C=O) groups is 1. The van der Waals surface area contributed by atoms with Gasteiger partial charge in [0.2, 0.25) is 11.7 Å². The molecule has 2 heterocycles. The largest absolute Gasteiger partial charge is 0.337 e. The van der Waals surface area contributed by atoms with Gasteiger partial charge in [-0.3, -0.25) is 0 Å². The second-order valence-corrected chi connectivity index (χ2v) is 6.66. The summed E-state index contributed by atoms with van der Waals surface area (Å²) in [7, 11) is 0. The highest BCUT2D eigenvalue weighted by atomic mass is 19.1. The van der Waals surface area contributed by atoms with Crippen LogP contribution in [-0.2, 0) is 0 Å².